The van der Waals surface area contributed by atoms with E-state index in [-0.39, 0.29) is 11.2 Å². The van der Waals surface area contributed by atoms with Gasteiger partial charge in [-0.2, -0.15) is 12.6 Å². The number of ether oxygens (including phenoxy) is 2. The molecule has 0 spiro atoms. The molecule has 1 aliphatic heterocycles. The lowest BCUT2D eigenvalue weighted by atomic mass is 10.3. The van der Waals surface area contributed by atoms with Crippen LogP contribution in [0.1, 0.15) is 12.8 Å². The van der Waals surface area contributed by atoms with Crippen molar-refractivity contribution in [3.8, 4) is 11.5 Å². The second-order valence-corrected chi connectivity index (χ2v) is 5.28. The maximum atomic E-state index is 11.6. The van der Waals surface area contributed by atoms with Gasteiger partial charge in [0, 0.05) is 24.8 Å². The van der Waals surface area contributed by atoms with Gasteiger partial charge in [-0.05, 0) is 18.6 Å². The molecule has 4 nitrogen and oxygen atoms in total. The standard InChI is InChI=1S/C14H19NO3S/c1-17-12-5-2-3-6-13(12)18-8-4-7-15-10-11(19)9-14(15)16/h2-3,5-6,11,19H,4,7-10H2,1H3. The number of carbonyl (C=O) groups is 1. The molecule has 1 aliphatic rings. The number of rotatable bonds is 6. The number of carbonyl (C=O) groups excluding carboxylic acids is 1. The van der Waals surface area contributed by atoms with Gasteiger partial charge in [0.25, 0.3) is 0 Å². The van der Waals surface area contributed by atoms with E-state index < -0.39 is 0 Å². The topological polar surface area (TPSA) is 38.8 Å². The average molecular weight is 281 g/mol. The number of benzene rings is 1. The van der Waals surface area contributed by atoms with Gasteiger partial charge in [-0.15, -0.1) is 0 Å². The largest absolute Gasteiger partial charge is 0.493 e. The third-order valence-corrected chi connectivity index (χ3v) is 3.44. The third kappa shape index (κ3) is 3.80. The van der Waals surface area contributed by atoms with Gasteiger partial charge in [0.15, 0.2) is 11.5 Å². The Kier molecular flexibility index (Phi) is 4.96. The maximum absolute atomic E-state index is 11.6. The summed E-state index contributed by atoms with van der Waals surface area (Å²) in [5, 5.41) is 0.183. The van der Waals surface area contributed by atoms with Crippen molar-refractivity contribution >= 4 is 18.5 Å². The fourth-order valence-electron chi connectivity index (χ4n) is 2.14. The number of hydrogen-bond donors (Lipinski definition) is 1. The molecule has 19 heavy (non-hydrogen) atoms. The number of amides is 1. The van der Waals surface area contributed by atoms with E-state index in [4.69, 9.17) is 9.47 Å². The van der Waals surface area contributed by atoms with Gasteiger partial charge < -0.3 is 14.4 Å². The first-order valence-corrected chi connectivity index (χ1v) is 6.94. The second-order valence-electron chi connectivity index (χ2n) is 4.55. The van der Waals surface area contributed by atoms with Crippen LogP contribution in [-0.2, 0) is 4.79 Å². The average Bonchev–Trinajstić information content (AvgIpc) is 2.73. The lowest BCUT2D eigenvalue weighted by molar-refractivity contribution is -0.127. The summed E-state index contributed by atoms with van der Waals surface area (Å²) in [6.07, 6.45) is 1.36. The quantitative estimate of drug-likeness (QED) is 0.640. The molecule has 1 aromatic carbocycles. The first-order chi connectivity index (χ1) is 9.20. The fourth-order valence-corrected chi connectivity index (χ4v) is 2.50. The van der Waals surface area contributed by atoms with Crippen molar-refractivity contribution in [2.24, 2.45) is 0 Å². The zero-order chi connectivity index (χ0) is 13.7. The van der Waals surface area contributed by atoms with Crippen LogP contribution >= 0.6 is 12.6 Å². The molecule has 1 heterocycles. The normalized spacial score (nSPS) is 18.7. The molecule has 0 aromatic heterocycles. The fraction of sp³-hybridized carbons (Fsp3) is 0.500. The van der Waals surface area contributed by atoms with Crippen LogP contribution in [0, 0.1) is 0 Å². The molecule has 1 unspecified atom stereocenters. The highest BCUT2D eigenvalue weighted by atomic mass is 32.1. The summed E-state index contributed by atoms with van der Waals surface area (Å²) < 4.78 is 10.9. The van der Waals surface area contributed by atoms with Crippen molar-refractivity contribution in [1.82, 2.24) is 4.90 Å². The van der Waals surface area contributed by atoms with Crippen LogP contribution in [0.5, 0.6) is 11.5 Å². The molecule has 1 saturated heterocycles. The van der Waals surface area contributed by atoms with E-state index >= 15 is 0 Å². The van der Waals surface area contributed by atoms with Gasteiger partial charge >= 0.3 is 0 Å². The molecule has 0 saturated carbocycles. The van der Waals surface area contributed by atoms with E-state index in [0.29, 0.717) is 13.0 Å². The number of nitrogens with zero attached hydrogens (tertiary/aromatic N) is 1. The summed E-state index contributed by atoms with van der Waals surface area (Å²) in [6, 6.07) is 7.56. The molecule has 0 radical (unpaired) electrons. The van der Waals surface area contributed by atoms with Crippen molar-refractivity contribution in [3.63, 3.8) is 0 Å². The predicted octanol–water partition coefficient (Wildman–Crippen LogP) is 1.99. The number of hydrogen-bond acceptors (Lipinski definition) is 4. The van der Waals surface area contributed by atoms with E-state index in [1.807, 2.05) is 29.2 Å². The number of para-hydroxylation sites is 2. The number of likely N-dealkylation sites (tertiary alicyclic amines) is 1. The van der Waals surface area contributed by atoms with Gasteiger partial charge in [-0.1, -0.05) is 12.1 Å². The highest BCUT2D eigenvalue weighted by Gasteiger charge is 2.26. The molecule has 2 rings (SSSR count). The van der Waals surface area contributed by atoms with Crippen LogP contribution in [-0.4, -0.2) is 42.9 Å². The van der Waals surface area contributed by atoms with E-state index in [0.717, 1.165) is 31.0 Å². The van der Waals surface area contributed by atoms with Crippen molar-refractivity contribution in [1.29, 1.82) is 0 Å². The van der Waals surface area contributed by atoms with Crippen molar-refractivity contribution in [2.45, 2.75) is 18.1 Å². The van der Waals surface area contributed by atoms with Crippen LogP contribution in [0.4, 0.5) is 0 Å². The van der Waals surface area contributed by atoms with Gasteiger partial charge in [0.2, 0.25) is 5.91 Å². The number of thiol groups is 1. The summed E-state index contributed by atoms with van der Waals surface area (Å²) >= 11 is 4.33. The first-order valence-electron chi connectivity index (χ1n) is 6.42. The molecule has 1 amide bonds. The zero-order valence-corrected chi connectivity index (χ0v) is 11.9. The SMILES string of the molecule is COc1ccccc1OCCCN1CC(S)CC1=O. The van der Waals surface area contributed by atoms with Crippen LogP contribution in [0.15, 0.2) is 24.3 Å². The Morgan fingerprint density at radius 2 is 2.11 bits per heavy atom. The smallest absolute Gasteiger partial charge is 0.223 e. The monoisotopic (exact) mass is 281 g/mol. The lowest BCUT2D eigenvalue weighted by Crippen LogP contribution is -2.27. The Morgan fingerprint density at radius 1 is 1.37 bits per heavy atom. The summed E-state index contributed by atoms with van der Waals surface area (Å²) in [5.74, 6) is 1.66. The summed E-state index contributed by atoms with van der Waals surface area (Å²) in [7, 11) is 1.62. The third-order valence-electron chi connectivity index (χ3n) is 3.09. The van der Waals surface area contributed by atoms with E-state index in [1.165, 1.54) is 0 Å². The highest BCUT2D eigenvalue weighted by molar-refractivity contribution is 7.81. The maximum Gasteiger partial charge on any atom is 0.223 e. The van der Waals surface area contributed by atoms with E-state index in [9.17, 15) is 4.79 Å². The Hall–Kier alpha value is -1.36. The lowest BCUT2D eigenvalue weighted by Gasteiger charge is -2.16. The minimum absolute atomic E-state index is 0.183. The molecular weight excluding hydrogens is 262 g/mol. The Morgan fingerprint density at radius 3 is 2.74 bits per heavy atom. The summed E-state index contributed by atoms with van der Waals surface area (Å²) in [6.45, 7) is 2.04. The van der Waals surface area contributed by atoms with Crippen LogP contribution in [0.25, 0.3) is 0 Å². The summed E-state index contributed by atoms with van der Waals surface area (Å²) in [5.41, 5.74) is 0. The zero-order valence-electron chi connectivity index (χ0n) is 11.0. The summed E-state index contributed by atoms with van der Waals surface area (Å²) in [4.78, 5) is 13.4. The minimum Gasteiger partial charge on any atom is -0.493 e. The van der Waals surface area contributed by atoms with Crippen molar-refractivity contribution < 1.29 is 14.3 Å². The first kappa shape index (κ1) is 14.1. The highest BCUT2D eigenvalue weighted by Crippen LogP contribution is 2.25. The molecule has 1 fully saturated rings. The van der Waals surface area contributed by atoms with Gasteiger partial charge in [-0.25, -0.2) is 0 Å². The van der Waals surface area contributed by atoms with E-state index in [2.05, 4.69) is 12.6 Å². The predicted molar refractivity (Wildman–Crippen MR) is 77.1 cm³/mol. The van der Waals surface area contributed by atoms with Gasteiger partial charge in [0.1, 0.15) is 0 Å². The molecule has 0 bridgehead atoms. The van der Waals surface area contributed by atoms with E-state index in [1.54, 1.807) is 7.11 Å². The molecule has 104 valence electrons. The molecule has 0 N–H and O–H groups in total. The van der Waals surface area contributed by atoms with Crippen LogP contribution < -0.4 is 9.47 Å². The molecular formula is C14H19NO3S. The Labute approximate surface area is 119 Å². The minimum atomic E-state index is 0.183. The van der Waals surface area contributed by atoms with Gasteiger partial charge in [0.05, 0.1) is 13.7 Å². The van der Waals surface area contributed by atoms with Crippen LogP contribution in [0.3, 0.4) is 0 Å². The Balaban J connectivity index is 1.73. The Bertz CT molecular complexity index is 438. The molecule has 5 heteroatoms. The van der Waals surface area contributed by atoms with Gasteiger partial charge in [-0.3, -0.25) is 4.79 Å². The van der Waals surface area contributed by atoms with Crippen molar-refractivity contribution in [2.75, 3.05) is 26.8 Å². The van der Waals surface area contributed by atoms with Crippen molar-refractivity contribution in [3.05, 3.63) is 24.3 Å². The molecule has 1 aromatic rings. The van der Waals surface area contributed by atoms with Crippen LogP contribution in [0.2, 0.25) is 0 Å². The molecule has 0 aliphatic carbocycles. The number of methoxy groups -OCH3 is 1. The molecule has 1 atom stereocenters. The second kappa shape index (κ2) is 6.70.